The van der Waals surface area contributed by atoms with E-state index < -0.39 is 18.7 Å². The second-order valence-electron chi connectivity index (χ2n) is 2.82. The lowest BCUT2D eigenvalue weighted by atomic mass is 10.2. The van der Waals surface area contributed by atoms with Gasteiger partial charge in [-0.15, -0.1) is 0 Å². The molecule has 0 bridgehead atoms. The molecule has 0 radical (unpaired) electrons. The van der Waals surface area contributed by atoms with E-state index in [4.69, 9.17) is 0 Å². The molecule has 0 amide bonds. The normalized spacial score (nSPS) is 14.5. The number of thioether (sulfide) groups is 1. The molecule has 0 fully saturated rings. The summed E-state index contributed by atoms with van der Waals surface area (Å²) in [5, 5.41) is 9.19. The molecule has 0 saturated carbocycles. The lowest BCUT2D eigenvalue weighted by Gasteiger charge is -2.10. The van der Waals surface area contributed by atoms with Crippen molar-refractivity contribution >= 4 is 11.8 Å². The first kappa shape index (κ1) is 13.1. The quantitative estimate of drug-likeness (QED) is 0.736. The van der Waals surface area contributed by atoms with Crippen LogP contribution < -0.4 is 0 Å². The van der Waals surface area contributed by atoms with E-state index in [9.17, 15) is 18.3 Å². The molecule has 0 saturated heterocycles. The molecule has 1 nitrogen and oxygen atoms in total. The summed E-state index contributed by atoms with van der Waals surface area (Å²) in [6.45, 7) is 1.95. The molecule has 1 N–H and O–H groups in total. The van der Waals surface area contributed by atoms with Crippen LogP contribution in [0, 0.1) is 0 Å². The zero-order valence-electron chi connectivity index (χ0n) is 7.60. The van der Waals surface area contributed by atoms with Gasteiger partial charge in [0, 0.05) is 12.2 Å². The summed E-state index contributed by atoms with van der Waals surface area (Å²) in [7, 11) is 0. The van der Waals surface area contributed by atoms with Crippen molar-refractivity contribution in [3.63, 3.8) is 0 Å². The van der Waals surface area contributed by atoms with Gasteiger partial charge >= 0.3 is 6.18 Å². The average Bonchev–Trinajstić information content (AvgIpc) is 1.98. The molecule has 5 heteroatoms. The van der Waals surface area contributed by atoms with Crippen LogP contribution in [0.15, 0.2) is 0 Å². The van der Waals surface area contributed by atoms with Gasteiger partial charge in [-0.3, -0.25) is 0 Å². The predicted molar refractivity (Wildman–Crippen MR) is 48.9 cm³/mol. The Balaban J connectivity index is 3.31. The van der Waals surface area contributed by atoms with Gasteiger partial charge in [0.05, 0.1) is 6.10 Å². The van der Waals surface area contributed by atoms with Crippen LogP contribution in [0.25, 0.3) is 0 Å². The van der Waals surface area contributed by atoms with Crippen LogP contribution in [-0.2, 0) is 0 Å². The van der Waals surface area contributed by atoms with E-state index in [0.29, 0.717) is 5.75 Å². The summed E-state index contributed by atoms with van der Waals surface area (Å²) in [5.41, 5.74) is 0. The van der Waals surface area contributed by atoms with Gasteiger partial charge in [0.1, 0.15) is 0 Å². The largest absolute Gasteiger partial charge is 0.392 e. The fourth-order valence-electron chi connectivity index (χ4n) is 0.875. The zero-order chi connectivity index (χ0) is 10.3. The number of halogens is 3. The molecule has 1 unspecified atom stereocenters. The van der Waals surface area contributed by atoms with Crippen molar-refractivity contribution in [1.82, 2.24) is 0 Å². The monoisotopic (exact) mass is 216 g/mol. The van der Waals surface area contributed by atoms with Crippen molar-refractivity contribution in [1.29, 1.82) is 0 Å². The summed E-state index contributed by atoms with van der Waals surface area (Å²) < 4.78 is 35.0. The van der Waals surface area contributed by atoms with Crippen molar-refractivity contribution < 1.29 is 18.3 Å². The van der Waals surface area contributed by atoms with Crippen molar-refractivity contribution in [3.05, 3.63) is 0 Å². The first-order chi connectivity index (χ1) is 5.95. The SMILES string of the molecule is CCSCC(O)CCCC(F)(F)F. The van der Waals surface area contributed by atoms with Crippen LogP contribution in [0.3, 0.4) is 0 Å². The number of rotatable bonds is 6. The zero-order valence-corrected chi connectivity index (χ0v) is 8.42. The van der Waals surface area contributed by atoms with Gasteiger partial charge < -0.3 is 5.11 Å². The highest BCUT2D eigenvalue weighted by Gasteiger charge is 2.26. The predicted octanol–water partition coefficient (Wildman–Crippen LogP) is 2.83. The van der Waals surface area contributed by atoms with Crippen molar-refractivity contribution in [2.75, 3.05) is 11.5 Å². The van der Waals surface area contributed by atoms with Crippen LogP contribution in [-0.4, -0.2) is 28.9 Å². The molecular formula is C8H15F3OS. The molecule has 1 atom stereocenters. The summed E-state index contributed by atoms with van der Waals surface area (Å²) in [5.74, 6) is 1.42. The Morgan fingerprint density at radius 3 is 2.46 bits per heavy atom. The number of aliphatic hydroxyl groups excluding tert-OH is 1. The molecule has 0 aliphatic rings. The van der Waals surface area contributed by atoms with Gasteiger partial charge in [-0.1, -0.05) is 6.92 Å². The molecule has 80 valence electrons. The minimum absolute atomic E-state index is 0.0228. The Morgan fingerprint density at radius 1 is 1.38 bits per heavy atom. The van der Waals surface area contributed by atoms with E-state index in [1.165, 1.54) is 0 Å². The summed E-state index contributed by atoms with van der Waals surface area (Å²) in [6.07, 6.45) is -5.20. The molecular weight excluding hydrogens is 201 g/mol. The second kappa shape index (κ2) is 6.54. The summed E-state index contributed by atoms with van der Waals surface area (Å²) in [6, 6.07) is 0. The smallest absolute Gasteiger partial charge is 0.389 e. The Labute approximate surface area is 80.7 Å². The minimum atomic E-state index is -4.09. The number of alkyl halides is 3. The van der Waals surface area contributed by atoms with Crippen molar-refractivity contribution in [3.8, 4) is 0 Å². The molecule has 0 aromatic heterocycles. The van der Waals surface area contributed by atoms with Crippen LogP contribution in [0.5, 0.6) is 0 Å². The van der Waals surface area contributed by atoms with E-state index in [2.05, 4.69) is 0 Å². The lowest BCUT2D eigenvalue weighted by Crippen LogP contribution is -2.13. The molecule has 0 aliphatic carbocycles. The van der Waals surface area contributed by atoms with Crippen LogP contribution >= 0.6 is 11.8 Å². The van der Waals surface area contributed by atoms with Gasteiger partial charge in [0.15, 0.2) is 0 Å². The average molecular weight is 216 g/mol. The third-order valence-electron chi connectivity index (χ3n) is 1.51. The van der Waals surface area contributed by atoms with Crippen LogP contribution in [0.1, 0.15) is 26.2 Å². The maximum atomic E-state index is 11.7. The van der Waals surface area contributed by atoms with Gasteiger partial charge in [-0.25, -0.2) is 0 Å². The highest BCUT2D eigenvalue weighted by molar-refractivity contribution is 7.99. The highest BCUT2D eigenvalue weighted by Crippen LogP contribution is 2.23. The minimum Gasteiger partial charge on any atom is -0.392 e. The number of aliphatic hydroxyl groups is 1. The first-order valence-corrected chi connectivity index (χ1v) is 5.43. The maximum Gasteiger partial charge on any atom is 0.389 e. The molecule has 13 heavy (non-hydrogen) atoms. The summed E-state index contributed by atoms with van der Waals surface area (Å²) >= 11 is 1.54. The Hall–Kier alpha value is 0.100. The van der Waals surface area contributed by atoms with Gasteiger partial charge in [-0.05, 0) is 18.6 Å². The molecule has 0 aromatic rings. The highest BCUT2D eigenvalue weighted by atomic mass is 32.2. The Kier molecular flexibility index (Phi) is 6.59. The fraction of sp³-hybridized carbons (Fsp3) is 1.00. The van der Waals surface area contributed by atoms with E-state index in [-0.39, 0.29) is 12.8 Å². The Morgan fingerprint density at radius 2 is 2.00 bits per heavy atom. The van der Waals surface area contributed by atoms with E-state index in [1.807, 2.05) is 6.92 Å². The number of hydrogen-bond donors (Lipinski definition) is 1. The Bertz CT molecular complexity index is 127. The standard InChI is InChI=1S/C8H15F3OS/c1-2-13-6-7(12)4-3-5-8(9,10)11/h7,12H,2-6H2,1H3. The summed E-state index contributed by atoms with van der Waals surface area (Å²) in [4.78, 5) is 0. The van der Waals surface area contributed by atoms with Gasteiger partial charge in [0.25, 0.3) is 0 Å². The van der Waals surface area contributed by atoms with E-state index in [1.54, 1.807) is 11.8 Å². The van der Waals surface area contributed by atoms with Gasteiger partial charge in [-0.2, -0.15) is 24.9 Å². The molecule has 0 aliphatic heterocycles. The number of hydrogen-bond acceptors (Lipinski definition) is 2. The lowest BCUT2D eigenvalue weighted by molar-refractivity contribution is -0.136. The molecule has 0 aromatic carbocycles. The third kappa shape index (κ3) is 10.0. The van der Waals surface area contributed by atoms with Crippen molar-refractivity contribution in [2.24, 2.45) is 0 Å². The third-order valence-corrected chi connectivity index (χ3v) is 2.54. The fourth-order valence-corrected chi connectivity index (χ4v) is 1.55. The van der Waals surface area contributed by atoms with Crippen molar-refractivity contribution in [2.45, 2.75) is 38.5 Å². The second-order valence-corrected chi connectivity index (χ2v) is 4.14. The molecule has 0 rings (SSSR count). The van der Waals surface area contributed by atoms with E-state index in [0.717, 1.165) is 5.75 Å². The molecule has 0 spiro atoms. The first-order valence-electron chi connectivity index (χ1n) is 4.28. The van der Waals surface area contributed by atoms with E-state index >= 15 is 0 Å². The maximum absolute atomic E-state index is 11.7. The van der Waals surface area contributed by atoms with Crippen LogP contribution in [0.2, 0.25) is 0 Å². The van der Waals surface area contributed by atoms with Gasteiger partial charge in [0.2, 0.25) is 0 Å². The topological polar surface area (TPSA) is 20.2 Å². The molecule has 0 heterocycles. The van der Waals surface area contributed by atoms with Crippen LogP contribution in [0.4, 0.5) is 13.2 Å².